The SMILES string of the molecule is COc1cc(Cn2cc(I)cc2C(=O)O)ccn1. The van der Waals surface area contributed by atoms with E-state index in [1.165, 1.54) is 0 Å². The number of aromatic carboxylic acids is 1. The maximum Gasteiger partial charge on any atom is 0.352 e. The molecule has 2 aromatic heterocycles. The van der Waals surface area contributed by atoms with E-state index in [1.54, 1.807) is 36.2 Å². The van der Waals surface area contributed by atoms with Crippen molar-refractivity contribution in [1.29, 1.82) is 0 Å². The fourth-order valence-corrected chi connectivity index (χ4v) is 2.27. The predicted octanol–water partition coefficient (Wildman–Crippen LogP) is 2.24. The van der Waals surface area contributed by atoms with Gasteiger partial charge in [-0.3, -0.25) is 0 Å². The molecule has 0 saturated carbocycles. The maximum atomic E-state index is 11.1. The van der Waals surface area contributed by atoms with E-state index in [-0.39, 0.29) is 5.69 Å². The number of ether oxygens (including phenoxy) is 1. The lowest BCUT2D eigenvalue weighted by molar-refractivity contribution is 0.0685. The molecule has 18 heavy (non-hydrogen) atoms. The Balaban J connectivity index is 2.30. The minimum absolute atomic E-state index is 0.273. The molecule has 0 bridgehead atoms. The number of halogens is 1. The molecule has 0 saturated heterocycles. The van der Waals surface area contributed by atoms with Crippen molar-refractivity contribution < 1.29 is 14.6 Å². The van der Waals surface area contributed by atoms with Crippen LogP contribution in [0.4, 0.5) is 0 Å². The van der Waals surface area contributed by atoms with Crippen LogP contribution in [0.3, 0.4) is 0 Å². The van der Waals surface area contributed by atoms with Crippen molar-refractivity contribution in [3.05, 3.63) is 45.4 Å². The highest BCUT2D eigenvalue weighted by molar-refractivity contribution is 14.1. The van der Waals surface area contributed by atoms with Gasteiger partial charge in [-0.2, -0.15) is 0 Å². The van der Waals surface area contributed by atoms with E-state index >= 15 is 0 Å². The minimum Gasteiger partial charge on any atom is -0.481 e. The van der Waals surface area contributed by atoms with Crippen LogP contribution < -0.4 is 4.74 Å². The maximum absolute atomic E-state index is 11.1. The van der Waals surface area contributed by atoms with Crippen molar-refractivity contribution in [1.82, 2.24) is 9.55 Å². The van der Waals surface area contributed by atoms with Gasteiger partial charge in [0.1, 0.15) is 5.69 Å². The zero-order chi connectivity index (χ0) is 13.1. The quantitative estimate of drug-likeness (QED) is 0.852. The van der Waals surface area contributed by atoms with Gasteiger partial charge in [0.25, 0.3) is 0 Å². The average molecular weight is 358 g/mol. The third-order valence-corrected chi connectivity index (χ3v) is 3.03. The second-order valence-electron chi connectivity index (χ2n) is 3.68. The molecule has 0 aromatic carbocycles. The third kappa shape index (κ3) is 2.81. The van der Waals surface area contributed by atoms with Gasteiger partial charge in [-0.05, 0) is 40.3 Å². The summed E-state index contributed by atoms with van der Waals surface area (Å²) in [5, 5.41) is 9.10. The molecule has 5 nitrogen and oxygen atoms in total. The largest absolute Gasteiger partial charge is 0.481 e. The van der Waals surface area contributed by atoms with Crippen molar-refractivity contribution in [2.75, 3.05) is 7.11 Å². The van der Waals surface area contributed by atoms with Crippen molar-refractivity contribution in [3.63, 3.8) is 0 Å². The third-order valence-electron chi connectivity index (χ3n) is 2.44. The molecule has 0 aliphatic rings. The molecule has 0 atom stereocenters. The van der Waals surface area contributed by atoms with Crippen molar-refractivity contribution in [3.8, 4) is 5.88 Å². The van der Waals surface area contributed by atoms with Gasteiger partial charge < -0.3 is 14.4 Å². The lowest BCUT2D eigenvalue weighted by Gasteiger charge is -2.07. The minimum atomic E-state index is -0.932. The Bertz CT molecular complexity index is 580. The molecule has 0 aliphatic heterocycles. The van der Waals surface area contributed by atoms with Gasteiger partial charge in [0.2, 0.25) is 5.88 Å². The Kier molecular flexibility index (Phi) is 3.85. The molecule has 0 fully saturated rings. The van der Waals surface area contributed by atoms with Gasteiger partial charge in [0.15, 0.2) is 0 Å². The average Bonchev–Trinajstić information content (AvgIpc) is 2.70. The molecule has 2 aromatic rings. The van der Waals surface area contributed by atoms with Gasteiger partial charge in [0, 0.05) is 28.6 Å². The summed E-state index contributed by atoms with van der Waals surface area (Å²) in [7, 11) is 1.55. The van der Waals surface area contributed by atoms with E-state index in [1.807, 2.05) is 6.07 Å². The fourth-order valence-electron chi connectivity index (χ4n) is 1.64. The van der Waals surface area contributed by atoms with Crippen LogP contribution in [-0.4, -0.2) is 27.7 Å². The van der Waals surface area contributed by atoms with Gasteiger partial charge in [0.05, 0.1) is 7.11 Å². The van der Waals surface area contributed by atoms with Gasteiger partial charge in [-0.15, -0.1) is 0 Å². The number of carboxylic acid groups (broad SMARTS) is 1. The monoisotopic (exact) mass is 358 g/mol. The molecular weight excluding hydrogens is 347 g/mol. The lowest BCUT2D eigenvalue weighted by atomic mass is 10.2. The summed E-state index contributed by atoms with van der Waals surface area (Å²) >= 11 is 2.10. The number of carboxylic acids is 1. The molecular formula is C12H11IN2O3. The predicted molar refractivity (Wildman–Crippen MR) is 74.0 cm³/mol. The molecule has 2 rings (SSSR count). The summed E-state index contributed by atoms with van der Waals surface area (Å²) < 4.78 is 7.63. The number of rotatable bonds is 4. The highest BCUT2D eigenvalue weighted by Crippen LogP contribution is 2.15. The van der Waals surface area contributed by atoms with Crippen LogP contribution in [0.5, 0.6) is 5.88 Å². The summed E-state index contributed by atoms with van der Waals surface area (Å²) in [5.74, 6) is -0.412. The number of pyridine rings is 1. The van der Waals surface area contributed by atoms with Crippen LogP contribution in [0.1, 0.15) is 16.1 Å². The fraction of sp³-hybridized carbons (Fsp3) is 0.167. The van der Waals surface area contributed by atoms with E-state index in [9.17, 15) is 4.79 Å². The van der Waals surface area contributed by atoms with Gasteiger partial charge >= 0.3 is 5.97 Å². The molecule has 0 amide bonds. The Hall–Kier alpha value is -1.57. The van der Waals surface area contributed by atoms with Crippen molar-refractivity contribution in [2.45, 2.75) is 6.54 Å². The summed E-state index contributed by atoms with van der Waals surface area (Å²) in [5.41, 5.74) is 1.21. The van der Waals surface area contributed by atoms with E-state index < -0.39 is 5.97 Å². The van der Waals surface area contributed by atoms with Crippen LogP contribution in [-0.2, 0) is 6.54 Å². The molecule has 0 radical (unpaired) electrons. The second kappa shape index (κ2) is 5.38. The highest BCUT2D eigenvalue weighted by Gasteiger charge is 2.11. The first-order chi connectivity index (χ1) is 8.60. The number of nitrogens with zero attached hydrogens (tertiary/aromatic N) is 2. The molecule has 1 N–H and O–H groups in total. The van der Waals surface area contributed by atoms with Crippen LogP contribution in [0.15, 0.2) is 30.6 Å². The molecule has 94 valence electrons. The Morgan fingerprint density at radius 2 is 2.33 bits per heavy atom. The number of hydrogen-bond acceptors (Lipinski definition) is 3. The van der Waals surface area contributed by atoms with E-state index in [0.717, 1.165) is 9.13 Å². The van der Waals surface area contributed by atoms with Crippen LogP contribution >= 0.6 is 22.6 Å². The second-order valence-corrected chi connectivity index (χ2v) is 4.93. The van der Waals surface area contributed by atoms with Gasteiger partial charge in [-0.25, -0.2) is 9.78 Å². The highest BCUT2D eigenvalue weighted by atomic mass is 127. The number of aromatic nitrogens is 2. The molecule has 0 unspecified atom stereocenters. The first-order valence-electron chi connectivity index (χ1n) is 5.18. The summed E-state index contributed by atoms with van der Waals surface area (Å²) in [6.07, 6.45) is 3.44. The van der Waals surface area contributed by atoms with E-state index in [2.05, 4.69) is 27.6 Å². The standard InChI is InChI=1S/C12H11IN2O3/c1-18-11-4-8(2-3-14-11)6-15-7-9(13)5-10(15)12(16)17/h2-5,7H,6H2,1H3,(H,16,17). The van der Waals surface area contributed by atoms with Gasteiger partial charge in [-0.1, -0.05) is 0 Å². The zero-order valence-electron chi connectivity index (χ0n) is 9.63. The smallest absolute Gasteiger partial charge is 0.352 e. The zero-order valence-corrected chi connectivity index (χ0v) is 11.8. The Morgan fingerprint density at radius 1 is 1.56 bits per heavy atom. The normalized spacial score (nSPS) is 10.3. The molecule has 0 aliphatic carbocycles. The molecule has 6 heteroatoms. The Morgan fingerprint density at radius 3 is 3.00 bits per heavy atom. The Labute approximate surface area is 118 Å². The van der Waals surface area contributed by atoms with Crippen molar-refractivity contribution in [2.24, 2.45) is 0 Å². The number of hydrogen-bond donors (Lipinski definition) is 1. The summed E-state index contributed by atoms with van der Waals surface area (Å²) in [6, 6.07) is 5.26. The lowest BCUT2D eigenvalue weighted by Crippen LogP contribution is -2.08. The number of carbonyl (C=O) groups is 1. The van der Waals surface area contributed by atoms with Crippen LogP contribution in [0.25, 0.3) is 0 Å². The summed E-state index contributed by atoms with van der Waals surface area (Å²) in [6.45, 7) is 0.476. The van der Waals surface area contributed by atoms with Crippen LogP contribution in [0, 0.1) is 3.57 Å². The van der Waals surface area contributed by atoms with Crippen molar-refractivity contribution >= 4 is 28.6 Å². The number of methoxy groups -OCH3 is 1. The topological polar surface area (TPSA) is 64.3 Å². The summed E-state index contributed by atoms with van der Waals surface area (Å²) in [4.78, 5) is 15.1. The molecule has 2 heterocycles. The van der Waals surface area contributed by atoms with E-state index in [4.69, 9.17) is 9.84 Å². The first kappa shape index (κ1) is 12.9. The van der Waals surface area contributed by atoms with Crippen LogP contribution in [0.2, 0.25) is 0 Å². The molecule has 0 spiro atoms. The van der Waals surface area contributed by atoms with E-state index in [0.29, 0.717) is 12.4 Å². The first-order valence-corrected chi connectivity index (χ1v) is 6.26.